The lowest BCUT2D eigenvalue weighted by Crippen LogP contribution is -2.47. The molecule has 0 spiro atoms. The molecule has 1 aliphatic heterocycles. The van der Waals surface area contributed by atoms with Crippen molar-refractivity contribution in [1.82, 2.24) is 0 Å². The molecule has 0 saturated carbocycles. The summed E-state index contributed by atoms with van der Waals surface area (Å²) in [6.07, 6.45) is -4.58. The first kappa shape index (κ1) is 14.6. The van der Waals surface area contributed by atoms with E-state index < -0.39 is 17.3 Å². The smallest absolute Gasteiger partial charge is 0.394 e. The van der Waals surface area contributed by atoms with Gasteiger partial charge in [-0.2, -0.15) is 18.4 Å². The average molecular weight is 286 g/mol. The molecule has 1 fully saturated rings. The number of nitrogens with zero attached hydrogens (tertiary/aromatic N) is 2. The Morgan fingerprint density at radius 2 is 2.20 bits per heavy atom. The van der Waals surface area contributed by atoms with Crippen LogP contribution < -0.4 is 4.90 Å². The monoisotopic (exact) mass is 286 g/mol. The van der Waals surface area contributed by atoms with Crippen LogP contribution in [0.1, 0.15) is 11.1 Å². The molecule has 1 atom stereocenters. The van der Waals surface area contributed by atoms with Crippen LogP contribution in [0.15, 0.2) is 18.2 Å². The van der Waals surface area contributed by atoms with E-state index in [1.165, 1.54) is 6.07 Å². The first-order valence-electron chi connectivity index (χ1n) is 6.04. The van der Waals surface area contributed by atoms with Crippen LogP contribution in [0.4, 0.5) is 18.9 Å². The Balaban J connectivity index is 2.40. The molecule has 0 bridgehead atoms. The molecule has 7 heteroatoms. The highest BCUT2D eigenvalue weighted by atomic mass is 19.4. The first-order chi connectivity index (χ1) is 9.47. The zero-order chi connectivity index (χ0) is 14.8. The Hall–Kier alpha value is -1.78. The molecule has 0 amide bonds. The highest BCUT2D eigenvalue weighted by Gasteiger charge is 2.35. The van der Waals surface area contributed by atoms with Crippen molar-refractivity contribution in [3.05, 3.63) is 29.3 Å². The lowest BCUT2D eigenvalue weighted by atomic mass is 10.1. The Morgan fingerprint density at radius 3 is 2.80 bits per heavy atom. The van der Waals surface area contributed by atoms with Gasteiger partial charge in [-0.15, -0.1) is 0 Å². The van der Waals surface area contributed by atoms with Gasteiger partial charge in [0.1, 0.15) is 0 Å². The molecule has 0 radical (unpaired) electrons. The number of benzene rings is 1. The van der Waals surface area contributed by atoms with Crippen molar-refractivity contribution >= 4 is 5.69 Å². The van der Waals surface area contributed by atoms with Crippen LogP contribution in [0, 0.1) is 11.3 Å². The third-order valence-electron chi connectivity index (χ3n) is 3.20. The molecule has 1 heterocycles. The minimum Gasteiger partial charge on any atom is -0.394 e. The van der Waals surface area contributed by atoms with Crippen LogP contribution in [-0.2, 0) is 10.9 Å². The summed E-state index contributed by atoms with van der Waals surface area (Å²) in [6, 6.07) is 4.73. The second-order valence-corrected chi connectivity index (χ2v) is 4.44. The summed E-state index contributed by atoms with van der Waals surface area (Å²) in [5, 5.41) is 18.0. The number of hydrogen-bond acceptors (Lipinski definition) is 4. The number of ether oxygens (including phenoxy) is 1. The zero-order valence-electron chi connectivity index (χ0n) is 10.5. The van der Waals surface area contributed by atoms with Crippen LogP contribution in [0.2, 0.25) is 0 Å². The third-order valence-corrected chi connectivity index (χ3v) is 3.20. The van der Waals surface area contributed by atoms with E-state index in [-0.39, 0.29) is 19.3 Å². The molecule has 108 valence electrons. The second kappa shape index (κ2) is 5.69. The highest BCUT2D eigenvalue weighted by molar-refractivity contribution is 5.55. The molecular weight excluding hydrogens is 273 g/mol. The fourth-order valence-corrected chi connectivity index (χ4v) is 2.19. The molecule has 0 aromatic heterocycles. The Morgan fingerprint density at radius 1 is 1.45 bits per heavy atom. The van der Waals surface area contributed by atoms with Crippen LogP contribution in [0.3, 0.4) is 0 Å². The number of hydrogen-bond donors (Lipinski definition) is 1. The van der Waals surface area contributed by atoms with E-state index in [1.54, 1.807) is 11.0 Å². The number of rotatable bonds is 2. The van der Waals surface area contributed by atoms with Gasteiger partial charge in [0.25, 0.3) is 0 Å². The second-order valence-electron chi connectivity index (χ2n) is 4.44. The summed E-state index contributed by atoms with van der Waals surface area (Å²) < 4.78 is 43.9. The number of aliphatic hydroxyl groups is 1. The van der Waals surface area contributed by atoms with Crippen molar-refractivity contribution in [3.63, 3.8) is 0 Å². The third kappa shape index (κ3) is 2.86. The van der Waals surface area contributed by atoms with Crippen LogP contribution in [0.25, 0.3) is 0 Å². The van der Waals surface area contributed by atoms with Gasteiger partial charge in [0.15, 0.2) is 0 Å². The summed E-state index contributed by atoms with van der Waals surface area (Å²) in [5.41, 5.74) is -1.03. The predicted octanol–water partition coefficient (Wildman–Crippen LogP) is 1.77. The van der Waals surface area contributed by atoms with Gasteiger partial charge in [0.2, 0.25) is 0 Å². The van der Waals surface area contributed by atoms with Gasteiger partial charge in [0.05, 0.1) is 43.1 Å². The highest BCUT2D eigenvalue weighted by Crippen LogP contribution is 2.35. The Kier molecular flexibility index (Phi) is 4.16. The van der Waals surface area contributed by atoms with Crippen molar-refractivity contribution in [2.24, 2.45) is 0 Å². The minimum atomic E-state index is -4.58. The molecule has 1 aromatic rings. The van der Waals surface area contributed by atoms with Crippen LogP contribution in [0.5, 0.6) is 0 Å². The fourth-order valence-electron chi connectivity index (χ4n) is 2.19. The van der Waals surface area contributed by atoms with Crippen molar-refractivity contribution in [2.45, 2.75) is 12.2 Å². The number of nitriles is 1. The van der Waals surface area contributed by atoms with Gasteiger partial charge < -0.3 is 14.7 Å². The summed E-state index contributed by atoms with van der Waals surface area (Å²) in [7, 11) is 0. The molecule has 1 N–H and O–H groups in total. The number of anilines is 1. The molecule has 1 unspecified atom stereocenters. The predicted molar refractivity (Wildman–Crippen MR) is 65.2 cm³/mol. The van der Waals surface area contributed by atoms with E-state index in [0.717, 1.165) is 12.1 Å². The van der Waals surface area contributed by atoms with Gasteiger partial charge in [0, 0.05) is 12.2 Å². The molecule has 20 heavy (non-hydrogen) atoms. The molecule has 1 saturated heterocycles. The van der Waals surface area contributed by atoms with E-state index in [1.807, 2.05) is 0 Å². The van der Waals surface area contributed by atoms with Crippen LogP contribution >= 0.6 is 0 Å². The normalized spacial score (nSPS) is 19.8. The van der Waals surface area contributed by atoms with Gasteiger partial charge in [-0.1, -0.05) is 0 Å². The van der Waals surface area contributed by atoms with Gasteiger partial charge in [-0.25, -0.2) is 0 Å². The summed E-state index contributed by atoms with van der Waals surface area (Å²) in [5.74, 6) is 0. The molecule has 1 aromatic carbocycles. The minimum absolute atomic E-state index is 0.207. The SMILES string of the molecule is N#Cc1ccc(N2CCOCC2CO)cc1C(F)(F)F. The molecule has 4 nitrogen and oxygen atoms in total. The number of halogens is 3. The van der Waals surface area contributed by atoms with Gasteiger partial charge in [-0.05, 0) is 18.2 Å². The largest absolute Gasteiger partial charge is 0.417 e. The Bertz CT molecular complexity index is 525. The van der Waals surface area contributed by atoms with Gasteiger partial charge >= 0.3 is 6.18 Å². The standard InChI is InChI=1S/C13H13F3N2O2/c14-13(15,16)12-5-10(2-1-9(12)6-17)18-3-4-20-8-11(18)7-19/h1-2,5,11,19H,3-4,7-8H2. The van der Waals surface area contributed by atoms with Crippen molar-refractivity contribution in [2.75, 3.05) is 31.3 Å². The van der Waals surface area contributed by atoms with E-state index in [0.29, 0.717) is 18.8 Å². The number of morpholine rings is 1. The molecule has 1 aliphatic rings. The summed E-state index contributed by atoms with van der Waals surface area (Å²) in [6.45, 7) is 0.839. The lowest BCUT2D eigenvalue weighted by molar-refractivity contribution is -0.137. The molecule has 2 rings (SSSR count). The van der Waals surface area contributed by atoms with Crippen molar-refractivity contribution in [1.29, 1.82) is 5.26 Å². The molecule has 0 aliphatic carbocycles. The maximum Gasteiger partial charge on any atom is 0.417 e. The first-order valence-corrected chi connectivity index (χ1v) is 6.04. The van der Waals surface area contributed by atoms with E-state index in [2.05, 4.69) is 0 Å². The van der Waals surface area contributed by atoms with E-state index in [9.17, 15) is 18.3 Å². The van der Waals surface area contributed by atoms with Crippen LogP contribution in [-0.4, -0.2) is 37.5 Å². The number of alkyl halides is 3. The lowest BCUT2D eigenvalue weighted by Gasteiger charge is -2.36. The zero-order valence-corrected chi connectivity index (χ0v) is 10.5. The maximum atomic E-state index is 12.9. The topological polar surface area (TPSA) is 56.5 Å². The van der Waals surface area contributed by atoms with Crippen molar-refractivity contribution in [3.8, 4) is 6.07 Å². The summed E-state index contributed by atoms with van der Waals surface area (Å²) in [4.78, 5) is 1.67. The quantitative estimate of drug-likeness (QED) is 0.900. The maximum absolute atomic E-state index is 12.9. The Labute approximate surface area is 114 Å². The number of aliphatic hydroxyl groups excluding tert-OH is 1. The summed E-state index contributed by atoms with van der Waals surface area (Å²) >= 11 is 0. The fraction of sp³-hybridized carbons (Fsp3) is 0.462. The van der Waals surface area contributed by atoms with E-state index in [4.69, 9.17) is 10.00 Å². The van der Waals surface area contributed by atoms with E-state index >= 15 is 0 Å². The average Bonchev–Trinajstić information content (AvgIpc) is 2.45. The van der Waals surface area contributed by atoms with Crippen molar-refractivity contribution < 1.29 is 23.0 Å². The molecular formula is C13H13F3N2O2. The van der Waals surface area contributed by atoms with Gasteiger partial charge in [-0.3, -0.25) is 0 Å².